The van der Waals surface area contributed by atoms with Crippen LogP contribution in [0.1, 0.15) is 6.92 Å². The Morgan fingerprint density at radius 1 is 1.53 bits per heavy atom. The lowest BCUT2D eigenvalue weighted by Crippen LogP contribution is -2.43. The molecule has 0 saturated carbocycles. The van der Waals surface area contributed by atoms with Gasteiger partial charge in [0.15, 0.2) is 0 Å². The summed E-state index contributed by atoms with van der Waals surface area (Å²) in [6.07, 6.45) is 0. The Labute approximate surface area is 115 Å². The number of halogens is 2. The summed E-state index contributed by atoms with van der Waals surface area (Å²) in [5, 5.41) is 18.0. The molecule has 0 bridgehead atoms. The predicted octanol–water partition coefficient (Wildman–Crippen LogP) is 0.0829. The van der Waals surface area contributed by atoms with Crippen molar-refractivity contribution in [3.05, 3.63) is 23.0 Å². The summed E-state index contributed by atoms with van der Waals surface area (Å²) in [5.41, 5.74) is 3.30. The maximum atomic E-state index is 13.1. The van der Waals surface area contributed by atoms with E-state index in [0.717, 1.165) is 12.1 Å². The Kier molecular flexibility index (Phi) is 4.75. The van der Waals surface area contributed by atoms with Crippen LogP contribution in [0.15, 0.2) is 17.0 Å². The highest BCUT2D eigenvalue weighted by Crippen LogP contribution is 2.26. The third kappa shape index (κ3) is 4.02. The summed E-state index contributed by atoms with van der Waals surface area (Å²) in [6, 6.07) is 1.67. The molecule has 0 radical (unpaired) electrons. The molecule has 0 aliphatic carbocycles. The van der Waals surface area contributed by atoms with Gasteiger partial charge in [0.25, 0.3) is 0 Å². The predicted molar refractivity (Wildman–Crippen MR) is 68.7 cm³/mol. The van der Waals surface area contributed by atoms with Gasteiger partial charge in [-0.1, -0.05) is 11.6 Å². The number of hydrogen-bond acceptors (Lipinski definition) is 5. The number of hydrogen-bond donors (Lipinski definition) is 4. The van der Waals surface area contributed by atoms with E-state index in [1.807, 2.05) is 0 Å². The van der Waals surface area contributed by atoms with E-state index in [9.17, 15) is 17.9 Å². The van der Waals surface area contributed by atoms with Gasteiger partial charge < -0.3 is 15.9 Å². The number of rotatable bonds is 5. The monoisotopic (exact) mass is 312 g/mol. The van der Waals surface area contributed by atoms with Crippen molar-refractivity contribution in [1.29, 1.82) is 0 Å². The molecule has 0 heterocycles. The van der Waals surface area contributed by atoms with Gasteiger partial charge >= 0.3 is 0 Å². The second-order valence-corrected chi connectivity index (χ2v) is 6.43. The van der Waals surface area contributed by atoms with Crippen molar-refractivity contribution in [3.8, 4) is 0 Å². The van der Waals surface area contributed by atoms with Crippen LogP contribution in [-0.4, -0.2) is 37.4 Å². The molecule has 108 valence electrons. The summed E-state index contributed by atoms with van der Waals surface area (Å²) < 4.78 is 39.0. The Morgan fingerprint density at radius 3 is 2.63 bits per heavy atom. The summed E-state index contributed by atoms with van der Waals surface area (Å²) in [7, 11) is -4.07. The highest BCUT2D eigenvalue weighted by atomic mass is 35.5. The molecule has 1 aromatic carbocycles. The fraction of sp³-hybridized carbons (Fsp3) is 0.400. The molecule has 1 aromatic rings. The van der Waals surface area contributed by atoms with Crippen LogP contribution in [0.2, 0.25) is 5.02 Å². The topological polar surface area (TPSA) is 113 Å². The molecule has 9 heteroatoms. The molecule has 5 N–H and O–H groups in total. The third-order valence-corrected chi connectivity index (χ3v) is 4.19. The molecule has 1 rings (SSSR count). The molecular formula is C10H14ClFN2O4S. The SMILES string of the molecule is CC(O)(CO)CNS(=O)(=O)c1cc(N)c(F)cc1Cl. The van der Waals surface area contributed by atoms with Crippen molar-refractivity contribution in [1.82, 2.24) is 4.72 Å². The summed E-state index contributed by atoms with van der Waals surface area (Å²) in [6.45, 7) is 0.185. The van der Waals surface area contributed by atoms with Crippen molar-refractivity contribution >= 4 is 27.3 Å². The molecule has 19 heavy (non-hydrogen) atoms. The van der Waals surface area contributed by atoms with E-state index in [0.29, 0.717) is 0 Å². The van der Waals surface area contributed by atoms with Gasteiger partial charge in [0.05, 0.1) is 22.9 Å². The number of aliphatic hydroxyl groups excluding tert-OH is 1. The van der Waals surface area contributed by atoms with Crippen LogP contribution in [0.4, 0.5) is 10.1 Å². The molecule has 0 spiro atoms. The van der Waals surface area contributed by atoms with Crippen LogP contribution in [0, 0.1) is 5.82 Å². The van der Waals surface area contributed by atoms with Crippen molar-refractivity contribution in [2.75, 3.05) is 18.9 Å². The largest absolute Gasteiger partial charge is 0.396 e. The van der Waals surface area contributed by atoms with Crippen LogP contribution in [0.5, 0.6) is 0 Å². The average Bonchev–Trinajstić information content (AvgIpc) is 2.31. The van der Waals surface area contributed by atoms with E-state index < -0.39 is 39.5 Å². The second kappa shape index (κ2) is 5.59. The zero-order valence-corrected chi connectivity index (χ0v) is 11.6. The lowest BCUT2D eigenvalue weighted by atomic mass is 10.1. The number of benzene rings is 1. The lowest BCUT2D eigenvalue weighted by Gasteiger charge is -2.20. The first kappa shape index (κ1) is 16.1. The van der Waals surface area contributed by atoms with E-state index >= 15 is 0 Å². The summed E-state index contributed by atoms with van der Waals surface area (Å²) in [5.74, 6) is -0.827. The van der Waals surface area contributed by atoms with Gasteiger partial charge in [0, 0.05) is 6.54 Å². The Balaban J connectivity index is 3.05. The molecule has 6 nitrogen and oxygen atoms in total. The molecule has 0 amide bonds. The number of nitrogens with one attached hydrogen (secondary N) is 1. The zero-order chi connectivity index (χ0) is 14.8. The minimum Gasteiger partial charge on any atom is -0.396 e. The van der Waals surface area contributed by atoms with Crippen molar-refractivity contribution in [2.45, 2.75) is 17.4 Å². The van der Waals surface area contributed by atoms with Crippen molar-refractivity contribution < 1.29 is 23.0 Å². The van der Waals surface area contributed by atoms with Gasteiger partial charge in [-0.2, -0.15) is 0 Å². The van der Waals surface area contributed by atoms with E-state index in [4.69, 9.17) is 22.4 Å². The number of anilines is 1. The van der Waals surface area contributed by atoms with Crippen LogP contribution in [-0.2, 0) is 10.0 Å². The van der Waals surface area contributed by atoms with Crippen molar-refractivity contribution in [2.24, 2.45) is 0 Å². The molecule has 0 aliphatic rings. The fourth-order valence-corrected chi connectivity index (χ4v) is 2.84. The normalized spacial score (nSPS) is 15.2. The molecule has 0 saturated heterocycles. The maximum absolute atomic E-state index is 13.1. The van der Waals surface area contributed by atoms with Crippen LogP contribution in [0.25, 0.3) is 0 Å². The van der Waals surface area contributed by atoms with Gasteiger partial charge in [0.1, 0.15) is 10.7 Å². The zero-order valence-electron chi connectivity index (χ0n) is 10.0. The molecule has 0 aromatic heterocycles. The standard InChI is InChI=1S/C10H14ClFN2O4S/c1-10(16,5-15)4-14-19(17,18)9-3-8(13)7(12)2-6(9)11/h2-3,14-16H,4-5,13H2,1H3. The second-order valence-electron chi connectivity index (χ2n) is 4.28. The summed E-state index contributed by atoms with van der Waals surface area (Å²) >= 11 is 5.64. The lowest BCUT2D eigenvalue weighted by molar-refractivity contribution is 0.00681. The summed E-state index contributed by atoms with van der Waals surface area (Å²) in [4.78, 5) is -0.401. The van der Waals surface area contributed by atoms with Gasteiger partial charge in [-0.25, -0.2) is 17.5 Å². The minimum atomic E-state index is -4.07. The van der Waals surface area contributed by atoms with Crippen LogP contribution < -0.4 is 10.5 Å². The Morgan fingerprint density at radius 2 is 2.11 bits per heavy atom. The quantitative estimate of drug-likeness (QED) is 0.575. The molecule has 0 fully saturated rings. The Bertz CT molecular complexity index is 577. The van der Waals surface area contributed by atoms with Crippen molar-refractivity contribution in [3.63, 3.8) is 0 Å². The van der Waals surface area contributed by atoms with E-state index in [1.54, 1.807) is 0 Å². The first-order valence-electron chi connectivity index (χ1n) is 5.16. The molecule has 1 atom stereocenters. The van der Waals surface area contributed by atoms with Gasteiger partial charge in [-0.3, -0.25) is 0 Å². The maximum Gasteiger partial charge on any atom is 0.242 e. The smallest absolute Gasteiger partial charge is 0.242 e. The number of nitrogen functional groups attached to an aromatic ring is 1. The van der Waals surface area contributed by atoms with E-state index in [1.165, 1.54) is 6.92 Å². The van der Waals surface area contributed by atoms with Gasteiger partial charge in [-0.15, -0.1) is 0 Å². The molecular weight excluding hydrogens is 299 g/mol. The van der Waals surface area contributed by atoms with E-state index in [2.05, 4.69) is 4.72 Å². The average molecular weight is 313 g/mol. The Hall–Kier alpha value is -0.930. The number of sulfonamides is 1. The van der Waals surface area contributed by atoms with E-state index in [-0.39, 0.29) is 10.7 Å². The van der Waals surface area contributed by atoms with Gasteiger partial charge in [-0.05, 0) is 19.1 Å². The molecule has 1 unspecified atom stereocenters. The molecule has 0 aliphatic heterocycles. The van der Waals surface area contributed by atoms with Gasteiger partial charge in [0.2, 0.25) is 10.0 Å². The fourth-order valence-electron chi connectivity index (χ4n) is 1.13. The van der Waals surface area contributed by atoms with Crippen LogP contribution >= 0.6 is 11.6 Å². The highest BCUT2D eigenvalue weighted by molar-refractivity contribution is 7.89. The first-order chi connectivity index (χ1) is 8.59. The first-order valence-corrected chi connectivity index (χ1v) is 7.02. The number of nitrogens with two attached hydrogens (primary N) is 1. The number of aliphatic hydroxyl groups is 2. The van der Waals surface area contributed by atoms with Crippen LogP contribution in [0.3, 0.4) is 0 Å². The highest BCUT2D eigenvalue weighted by Gasteiger charge is 2.25. The minimum absolute atomic E-state index is 0.331. The third-order valence-electron chi connectivity index (χ3n) is 2.32.